The average molecular weight is 295 g/mol. The van der Waals surface area contributed by atoms with Crippen LogP contribution in [0.5, 0.6) is 5.75 Å². The third-order valence-electron chi connectivity index (χ3n) is 3.25. The van der Waals surface area contributed by atoms with Gasteiger partial charge in [-0.2, -0.15) is 0 Å². The van der Waals surface area contributed by atoms with Crippen molar-refractivity contribution in [2.24, 2.45) is 0 Å². The van der Waals surface area contributed by atoms with Crippen LogP contribution in [-0.2, 0) is 6.61 Å². The molecule has 112 valence electrons. The summed E-state index contributed by atoms with van der Waals surface area (Å²) in [5.74, 6) is 0.623. The summed E-state index contributed by atoms with van der Waals surface area (Å²) in [5.41, 5.74) is 0.852. The van der Waals surface area contributed by atoms with Crippen molar-refractivity contribution in [1.29, 1.82) is 0 Å². The van der Waals surface area contributed by atoms with Gasteiger partial charge < -0.3 is 14.7 Å². The average Bonchev–Trinajstić information content (AvgIpc) is 2.39. The molecule has 5 heteroatoms. The van der Waals surface area contributed by atoms with E-state index in [1.807, 2.05) is 19.9 Å². The van der Waals surface area contributed by atoms with E-state index in [0.29, 0.717) is 18.8 Å². The summed E-state index contributed by atoms with van der Waals surface area (Å²) in [6.45, 7) is 11.7. The van der Waals surface area contributed by atoms with Crippen molar-refractivity contribution in [1.82, 2.24) is 4.90 Å². The molecule has 20 heavy (non-hydrogen) atoms. The zero-order chi connectivity index (χ0) is 15.3. The van der Waals surface area contributed by atoms with Gasteiger partial charge in [0.15, 0.2) is 0 Å². The molecule has 0 aliphatic heterocycles. The van der Waals surface area contributed by atoms with E-state index < -0.39 is 8.07 Å². The van der Waals surface area contributed by atoms with Gasteiger partial charge in [0.25, 0.3) is 0 Å². The highest BCUT2D eigenvalue weighted by Crippen LogP contribution is 2.17. The Hall–Kier alpha value is -1.33. The molecule has 0 bridgehead atoms. The minimum atomic E-state index is -1.65. The fourth-order valence-corrected chi connectivity index (χ4v) is 3.48. The van der Waals surface area contributed by atoms with Crippen molar-refractivity contribution in [3.63, 3.8) is 0 Å². The van der Waals surface area contributed by atoms with Gasteiger partial charge in [-0.15, -0.1) is 0 Å². The number of ether oxygens (including phenoxy) is 1. The van der Waals surface area contributed by atoms with Gasteiger partial charge >= 0.3 is 6.09 Å². The lowest BCUT2D eigenvalue weighted by atomic mass is 10.2. The van der Waals surface area contributed by atoms with Gasteiger partial charge in [-0.3, -0.25) is 0 Å². The fourth-order valence-electron chi connectivity index (χ4n) is 1.99. The molecular weight excluding hydrogens is 270 g/mol. The molecule has 4 nitrogen and oxygen atoms in total. The molecule has 0 spiro atoms. The molecule has 0 aliphatic carbocycles. The van der Waals surface area contributed by atoms with Crippen LogP contribution in [-0.4, -0.2) is 37.3 Å². The summed E-state index contributed by atoms with van der Waals surface area (Å²) >= 11 is 0. The number of rotatable bonds is 5. The summed E-state index contributed by atoms with van der Waals surface area (Å²) in [4.78, 5) is 13.7. The number of amides is 1. The molecule has 1 rings (SSSR count). The van der Waals surface area contributed by atoms with Crippen LogP contribution in [0.2, 0.25) is 19.6 Å². The van der Waals surface area contributed by atoms with Gasteiger partial charge in [-0.1, -0.05) is 31.8 Å². The van der Waals surface area contributed by atoms with E-state index in [1.165, 1.54) is 0 Å². The molecule has 1 aromatic carbocycles. The molecule has 0 fully saturated rings. The van der Waals surface area contributed by atoms with Gasteiger partial charge in [0.2, 0.25) is 0 Å². The van der Waals surface area contributed by atoms with E-state index >= 15 is 0 Å². The van der Waals surface area contributed by atoms with E-state index in [-0.39, 0.29) is 12.7 Å². The number of hydrogen-bond acceptors (Lipinski definition) is 3. The van der Waals surface area contributed by atoms with E-state index in [1.54, 1.807) is 17.0 Å². The molecule has 0 saturated heterocycles. The Bertz CT molecular complexity index is 465. The van der Waals surface area contributed by atoms with Crippen molar-refractivity contribution in [3.05, 3.63) is 23.8 Å². The first kappa shape index (κ1) is 16.7. The first-order valence-corrected chi connectivity index (χ1v) is 10.5. The number of aliphatic hydroxyl groups excluding tert-OH is 1. The van der Waals surface area contributed by atoms with Gasteiger partial charge in [0, 0.05) is 13.1 Å². The van der Waals surface area contributed by atoms with Gasteiger partial charge in [-0.05, 0) is 30.7 Å². The number of benzene rings is 1. The maximum Gasteiger partial charge on any atom is 0.415 e. The summed E-state index contributed by atoms with van der Waals surface area (Å²) in [6, 6.07) is 5.55. The molecule has 1 aromatic rings. The van der Waals surface area contributed by atoms with Crippen LogP contribution in [0, 0.1) is 0 Å². The normalized spacial score (nSPS) is 11.3. The van der Waals surface area contributed by atoms with Crippen molar-refractivity contribution < 1.29 is 14.6 Å². The molecule has 0 radical (unpaired) electrons. The molecule has 0 atom stereocenters. The van der Waals surface area contributed by atoms with Crippen LogP contribution in [0.1, 0.15) is 19.4 Å². The zero-order valence-corrected chi connectivity index (χ0v) is 14.1. The Morgan fingerprint density at radius 2 is 1.85 bits per heavy atom. The zero-order valence-electron chi connectivity index (χ0n) is 13.1. The first-order valence-electron chi connectivity index (χ1n) is 7.04. The summed E-state index contributed by atoms with van der Waals surface area (Å²) in [7, 11) is -1.65. The summed E-state index contributed by atoms with van der Waals surface area (Å²) < 4.78 is 5.56. The van der Waals surface area contributed by atoms with E-state index in [4.69, 9.17) is 4.74 Å². The molecular formula is C15H25NO3Si. The minimum absolute atomic E-state index is 0.00174. The topological polar surface area (TPSA) is 49.8 Å². The Morgan fingerprint density at radius 3 is 2.30 bits per heavy atom. The lowest BCUT2D eigenvalue weighted by Gasteiger charge is -2.23. The lowest BCUT2D eigenvalue weighted by molar-refractivity contribution is 0.157. The largest absolute Gasteiger partial charge is 0.415 e. The van der Waals surface area contributed by atoms with E-state index in [2.05, 4.69) is 19.6 Å². The second kappa shape index (κ2) is 6.90. The number of aliphatic hydroxyl groups is 1. The third-order valence-corrected chi connectivity index (χ3v) is 5.26. The van der Waals surface area contributed by atoms with Crippen molar-refractivity contribution in [2.75, 3.05) is 13.1 Å². The van der Waals surface area contributed by atoms with Crippen molar-refractivity contribution in [2.45, 2.75) is 40.1 Å². The van der Waals surface area contributed by atoms with E-state index in [9.17, 15) is 9.90 Å². The smallest absolute Gasteiger partial charge is 0.410 e. The van der Waals surface area contributed by atoms with E-state index in [0.717, 1.165) is 10.8 Å². The van der Waals surface area contributed by atoms with Crippen molar-refractivity contribution >= 4 is 19.4 Å². The lowest BCUT2D eigenvalue weighted by Crippen LogP contribution is -2.41. The maximum absolute atomic E-state index is 12.1. The minimum Gasteiger partial charge on any atom is -0.410 e. The Labute approximate surface area is 122 Å². The quantitative estimate of drug-likeness (QED) is 0.849. The fraction of sp³-hybridized carbons (Fsp3) is 0.533. The maximum atomic E-state index is 12.1. The highest BCUT2D eigenvalue weighted by atomic mass is 28.3. The van der Waals surface area contributed by atoms with Crippen LogP contribution in [0.4, 0.5) is 4.79 Å². The Morgan fingerprint density at radius 1 is 1.25 bits per heavy atom. The second-order valence-electron chi connectivity index (χ2n) is 5.78. The molecule has 0 aliphatic rings. The SMILES string of the molecule is CCN(CC)C(=O)Oc1ccc(CO)cc1[Si](C)(C)C. The van der Waals surface area contributed by atoms with Crippen LogP contribution in [0.15, 0.2) is 18.2 Å². The summed E-state index contributed by atoms with van der Waals surface area (Å²) in [5, 5.41) is 10.3. The number of nitrogens with zero attached hydrogens (tertiary/aromatic N) is 1. The molecule has 0 unspecified atom stereocenters. The summed E-state index contributed by atoms with van der Waals surface area (Å²) in [6.07, 6.45) is -0.314. The van der Waals surface area contributed by atoms with Crippen LogP contribution >= 0.6 is 0 Å². The number of hydrogen-bond donors (Lipinski definition) is 1. The second-order valence-corrected chi connectivity index (χ2v) is 10.8. The highest BCUT2D eigenvalue weighted by Gasteiger charge is 2.24. The number of carbonyl (C=O) groups excluding carboxylic acids is 1. The van der Waals surface area contributed by atoms with Gasteiger partial charge in [0.05, 0.1) is 14.7 Å². The molecule has 0 heterocycles. The predicted molar refractivity (Wildman–Crippen MR) is 84.3 cm³/mol. The van der Waals surface area contributed by atoms with Crippen LogP contribution < -0.4 is 9.92 Å². The molecule has 1 amide bonds. The number of carbonyl (C=O) groups is 1. The van der Waals surface area contributed by atoms with Crippen molar-refractivity contribution in [3.8, 4) is 5.75 Å². The standard InChI is InChI=1S/C15H25NO3Si/c1-6-16(7-2)15(18)19-13-9-8-12(11-17)10-14(13)20(3,4)5/h8-10,17H,6-7,11H2,1-5H3. The molecule has 0 aromatic heterocycles. The monoisotopic (exact) mass is 295 g/mol. The molecule has 0 saturated carbocycles. The Kier molecular flexibility index (Phi) is 5.77. The Balaban J connectivity index is 3.09. The van der Waals surface area contributed by atoms with Gasteiger partial charge in [-0.25, -0.2) is 4.79 Å². The first-order chi connectivity index (χ1) is 9.33. The predicted octanol–water partition coefficient (Wildman–Crippen LogP) is 2.56. The molecule has 1 N–H and O–H groups in total. The van der Waals surface area contributed by atoms with Crippen LogP contribution in [0.3, 0.4) is 0 Å². The van der Waals surface area contributed by atoms with Gasteiger partial charge in [0.1, 0.15) is 5.75 Å². The van der Waals surface area contributed by atoms with Crippen LogP contribution in [0.25, 0.3) is 0 Å². The third kappa shape index (κ3) is 4.08. The highest BCUT2D eigenvalue weighted by molar-refractivity contribution is 6.89.